The molecule has 19 saturated heterocycles. The minimum absolute atomic E-state index is 0.00370. The third kappa shape index (κ3) is 25.9. The zero-order chi connectivity index (χ0) is 84.5. The van der Waals surface area contributed by atoms with Crippen molar-refractivity contribution in [3.63, 3.8) is 0 Å². The highest BCUT2D eigenvalue weighted by Gasteiger charge is 2.61. The first-order chi connectivity index (χ1) is 55.3. The highest BCUT2D eigenvalue weighted by Crippen LogP contribution is 2.43. The molecule has 0 spiro atoms. The molecule has 19 fully saturated rings. The summed E-state index contributed by atoms with van der Waals surface area (Å²) in [6.07, 6.45) is -76.1. The van der Waals surface area contributed by atoms with Gasteiger partial charge in [-0.25, -0.2) is 0 Å². The Morgan fingerprint density at radius 2 is 0.353 bits per heavy atom. The molecule has 0 aromatic rings. The topological polar surface area (TPSA) is 621 Å². The molecule has 40 atom stereocenters. The smallest absolute Gasteiger partial charge is 0.304 e. The Labute approximate surface area is 701 Å². The predicted molar refractivity (Wildman–Crippen MR) is 415 cm³/mol. The molecular weight excluding hydrogens is 1710 g/mol. The van der Waals surface area contributed by atoms with Crippen LogP contribution in [0, 0.1) is 0 Å². The number of aliphatic hydroxyl groups is 16. The van der Waals surface area contributed by atoms with Gasteiger partial charge in [0.25, 0.3) is 0 Å². The fourth-order valence-corrected chi connectivity index (χ4v) is 21.1. The van der Waals surface area contributed by atoms with Gasteiger partial charge in [0.05, 0.1) is 74.5 Å². The normalized spacial score (nSPS) is 44.7. The highest BCUT2D eigenvalue weighted by molar-refractivity contribution is 8.00. The average Bonchev–Trinajstić information content (AvgIpc) is 0.774. The lowest BCUT2D eigenvalue weighted by molar-refractivity contribution is -0.392. The molecule has 48 heteroatoms. The van der Waals surface area contributed by atoms with Gasteiger partial charge in [0.2, 0.25) is 0 Å². The molecule has 0 radical (unpaired) electrons. The van der Waals surface area contributed by atoms with Crippen molar-refractivity contribution in [2.45, 2.75) is 299 Å². The molecule has 19 aliphatic heterocycles. The quantitative estimate of drug-likeness (QED) is 0.0279. The molecule has 0 aromatic heterocycles. The molecule has 672 valence electrons. The van der Waals surface area contributed by atoms with Crippen LogP contribution in [0.3, 0.4) is 0 Å². The Morgan fingerprint density at radius 3 is 0.534 bits per heavy atom. The fraction of sp³-hybridized carbons (Fsp3) is 0.941. The molecule has 16 bridgehead atoms. The maximum absolute atomic E-state index is 12.3. The number of fused-ring (bicyclic) bond motifs is 1. The van der Waals surface area contributed by atoms with Crippen molar-refractivity contribution in [2.75, 3.05) is 92.0 Å². The lowest BCUT2D eigenvalue weighted by Crippen LogP contribution is -2.68. The number of aliphatic carboxylic acids is 4. The molecule has 19 aliphatic rings. The van der Waals surface area contributed by atoms with Crippen LogP contribution in [-0.4, -0.2) is 464 Å². The number of ether oxygens (including phenoxy) is 16. The number of rotatable bonds is 32. The number of carboxylic acids is 4. The number of aliphatic hydroxyl groups excluding tert-OH is 16. The Hall–Kier alpha value is -0.600. The molecular formula is C68H112O40S8. The van der Waals surface area contributed by atoms with Gasteiger partial charge in [0.1, 0.15) is 146 Å². The van der Waals surface area contributed by atoms with E-state index in [4.69, 9.17) is 75.8 Å². The largest absolute Gasteiger partial charge is 0.481 e. The Balaban J connectivity index is 1.09. The zero-order valence-electron chi connectivity index (χ0n) is 63.6. The summed E-state index contributed by atoms with van der Waals surface area (Å²) in [5.41, 5.74) is 0. The molecule has 0 amide bonds. The van der Waals surface area contributed by atoms with Crippen molar-refractivity contribution in [1.29, 1.82) is 0 Å². The van der Waals surface area contributed by atoms with Gasteiger partial charge in [-0.3, -0.25) is 19.2 Å². The van der Waals surface area contributed by atoms with Gasteiger partial charge in [-0.1, -0.05) is 27.7 Å². The summed E-state index contributed by atoms with van der Waals surface area (Å²) in [5.74, 6) is -4.52. The monoisotopic (exact) mass is 1820 g/mol. The summed E-state index contributed by atoms with van der Waals surface area (Å²) in [6.45, 7) is 7.22. The van der Waals surface area contributed by atoms with Crippen molar-refractivity contribution in [1.82, 2.24) is 0 Å². The van der Waals surface area contributed by atoms with Crippen LogP contribution >= 0.6 is 94.1 Å². The fourth-order valence-electron chi connectivity index (χ4n) is 14.2. The van der Waals surface area contributed by atoms with E-state index >= 15 is 0 Å². The SMILES string of the molecule is CCSCC1O[C@H]2O[C@@H]3C(CSCC)O[C@H](O[C@@H]4C(CSCC)O[C@H](O[C@@H]5C(CSCCC(=O)O)O[C@H](O[C@@H]6C(CSCCC(=O)O)O[C@H](O[C@@H]7C(CSCCC(=O)O)O[C@H](O[C@@H]8C(CSCCC(=O)O)O[C@H](O[C@@H]9C(CSCC)O[C@H](O[C@H](C2O)[C@@H]1O)C(O)[C@H]9O)C(O)[C@H]8O)C(O)[C@H]7O)C(O)[C@H]6O)C(O)[C@H]5O)C(O)[C@H]4O)C(O)[C@H]3O. The molecule has 19 rings (SSSR count). The van der Waals surface area contributed by atoms with E-state index in [-0.39, 0.29) is 81.9 Å². The Bertz CT molecular complexity index is 2950. The van der Waals surface area contributed by atoms with Crippen LogP contribution in [0.1, 0.15) is 53.4 Å². The van der Waals surface area contributed by atoms with Crippen LogP contribution in [0.25, 0.3) is 0 Å². The average molecular weight is 1830 g/mol. The van der Waals surface area contributed by atoms with Gasteiger partial charge >= 0.3 is 23.9 Å². The number of hydrogen-bond donors (Lipinski definition) is 20. The van der Waals surface area contributed by atoms with Gasteiger partial charge in [0.15, 0.2) is 50.3 Å². The summed E-state index contributed by atoms with van der Waals surface area (Å²) < 4.78 is 101. The second-order valence-corrected chi connectivity index (χ2v) is 38.4. The summed E-state index contributed by atoms with van der Waals surface area (Å²) in [4.78, 5) is 47.0. The Kier molecular flexibility index (Phi) is 40.9. The van der Waals surface area contributed by atoms with E-state index in [1.165, 1.54) is 47.0 Å². The lowest BCUT2D eigenvalue weighted by atomic mass is 9.95. The molecule has 0 aliphatic carbocycles. The van der Waals surface area contributed by atoms with Gasteiger partial charge in [-0.2, -0.15) is 94.1 Å². The first-order valence-electron chi connectivity index (χ1n) is 38.2. The summed E-state index contributed by atoms with van der Waals surface area (Å²) in [7, 11) is 0. The molecule has 40 nitrogen and oxygen atoms in total. The van der Waals surface area contributed by atoms with Gasteiger partial charge < -0.3 is 178 Å². The Morgan fingerprint density at radius 1 is 0.198 bits per heavy atom. The van der Waals surface area contributed by atoms with Crippen molar-refractivity contribution in [3.8, 4) is 0 Å². The number of hydrogen-bond acceptors (Lipinski definition) is 44. The van der Waals surface area contributed by atoms with Crippen molar-refractivity contribution in [3.05, 3.63) is 0 Å². The zero-order valence-corrected chi connectivity index (χ0v) is 70.1. The van der Waals surface area contributed by atoms with E-state index in [9.17, 15) is 121 Å². The second kappa shape index (κ2) is 47.8. The number of thioether (sulfide) groups is 8. The van der Waals surface area contributed by atoms with Gasteiger partial charge in [-0.15, -0.1) is 0 Å². The predicted octanol–water partition coefficient (Wildman–Crippen LogP) is -5.50. The van der Waals surface area contributed by atoms with Crippen molar-refractivity contribution in [2.24, 2.45) is 0 Å². The van der Waals surface area contributed by atoms with E-state index < -0.39 is 282 Å². The minimum Gasteiger partial charge on any atom is -0.481 e. The number of carboxylic acid groups (broad SMARTS) is 4. The van der Waals surface area contributed by atoms with Crippen molar-refractivity contribution >= 4 is 118 Å². The van der Waals surface area contributed by atoms with E-state index in [2.05, 4.69) is 0 Å². The van der Waals surface area contributed by atoms with E-state index in [1.54, 1.807) is 13.8 Å². The molecule has 16 unspecified atom stereocenters. The third-order valence-corrected chi connectivity index (χ3v) is 28.5. The van der Waals surface area contributed by atoms with E-state index in [0.717, 1.165) is 47.0 Å². The first kappa shape index (κ1) is 99.2. The van der Waals surface area contributed by atoms with Gasteiger partial charge in [-0.05, 0) is 23.0 Å². The standard InChI is InChI=1S/C68H112O40S8/c1-5-109-17-25-37(77)60-52(92)68(93-25)107-55-28(20-112-8-4)95-61(46(86)39(55)79)101-53-26(18-110-6-2)94-62(45(85)38(53)78)103-56-29(21-113-13-9-33(69)70)98-64(48(88)41(56)81)105-58-31(23-115-15-11-35(73)74)100-66(50(90)43(58)83)106-59-32(24-116-16-12-36(75)76)99-65(49(89)42(59)82)104-57-30(22-114-14-10-34(71)72)97-63(47(87)40(57)80)102-54-27(19-111-7-3)96-67(108-60)51(91)44(54)84/h25-32,37-68,77-92H,5-24H2,1-4H3,(H,69,70)(H,71,72)(H,73,74)(H,75,76)/t25?,26?,27?,28?,29?,30?,31?,32?,37-,38-,39-,40-,41-,42-,43-,44-,45?,46?,47?,48?,49?,50?,51?,52?,53-,54-,55-,56-,57-,58-,59-,60+,61-,62-,63-,64-,65-,66-,67-,68+/m1/s1. The van der Waals surface area contributed by atoms with E-state index in [1.807, 2.05) is 13.8 Å². The summed E-state index contributed by atoms with van der Waals surface area (Å²) >= 11 is 8.93. The van der Waals surface area contributed by atoms with Crippen LogP contribution in [0.4, 0.5) is 0 Å². The van der Waals surface area contributed by atoms with Crippen LogP contribution in [0.2, 0.25) is 0 Å². The molecule has 0 aromatic carbocycles. The van der Waals surface area contributed by atoms with Crippen molar-refractivity contribution < 1.29 is 197 Å². The van der Waals surface area contributed by atoms with Crippen LogP contribution in [-0.2, 0) is 95.0 Å². The molecule has 20 N–H and O–H groups in total. The summed E-state index contributed by atoms with van der Waals surface area (Å²) in [6, 6.07) is 0. The highest BCUT2D eigenvalue weighted by atomic mass is 32.2. The molecule has 116 heavy (non-hydrogen) atoms. The second-order valence-electron chi connectivity index (χ2n) is 28.5. The first-order valence-corrected chi connectivity index (χ1v) is 47.4. The third-order valence-electron chi connectivity index (χ3n) is 20.4. The number of carbonyl (C=O) groups is 4. The van der Waals surface area contributed by atoms with Crippen LogP contribution in [0.15, 0.2) is 0 Å². The van der Waals surface area contributed by atoms with Gasteiger partial charge in [0, 0.05) is 69.0 Å². The summed E-state index contributed by atoms with van der Waals surface area (Å²) in [5, 5.41) is 233. The molecule has 19 heterocycles. The van der Waals surface area contributed by atoms with Crippen LogP contribution < -0.4 is 0 Å². The lowest BCUT2D eigenvalue weighted by Gasteiger charge is -2.50. The molecule has 0 saturated carbocycles. The van der Waals surface area contributed by atoms with E-state index in [0.29, 0.717) is 23.0 Å². The minimum atomic E-state index is -2.24. The van der Waals surface area contributed by atoms with Crippen LogP contribution in [0.5, 0.6) is 0 Å². The maximum Gasteiger partial charge on any atom is 0.304 e. The maximum atomic E-state index is 12.3.